The Balaban J connectivity index is 2.03. The van der Waals surface area contributed by atoms with E-state index in [4.69, 9.17) is 0 Å². The Bertz CT molecular complexity index is 540. The van der Waals surface area contributed by atoms with Crippen molar-refractivity contribution in [3.8, 4) is 0 Å². The summed E-state index contributed by atoms with van der Waals surface area (Å²) in [5.41, 5.74) is 0.774. The minimum absolute atomic E-state index is 0.0136. The van der Waals surface area contributed by atoms with Crippen molar-refractivity contribution in [3.63, 3.8) is 0 Å². The smallest absolute Gasteiger partial charge is 0.234 e. The van der Waals surface area contributed by atoms with Crippen LogP contribution in [-0.4, -0.2) is 26.8 Å². The van der Waals surface area contributed by atoms with Crippen LogP contribution in [0.25, 0.3) is 0 Å². The first kappa shape index (κ1) is 14.3. The van der Waals surface area contributed by atoms with Crippen molar-refractivity contribution in [2.75, 3.05) is 17.0 Å². The summed E-state index contributed by atoms with van der Waals surface area (Å²) in [6.07, 6.45) is 2.96. The Hall–Kier alpha value is -1.14. The fraction of sp³-hybridized carbons (Fsp3) is 0.538. The van der Waals surface area contributed by atoms with Crippen molar-refractivity contribution in [2.24, 2.45) is 0 Å². The number of benzene rings is 1. The number of nitrogens with one attached hydrogen (secondary N) is 2. The first-order valence-electron chi connectivity index (χ1n) is 6.46. The number of sulfonamides is 1. The lowest BCUT2D eigenvalue weighted by Gasteiger charge is -2.23. The second-order valence-corrected chi connectivity index (χ2v) is 6.78. The van der Waals surface area contributed by atoms with Crippen molar-refractivity contribution in [3.05, 3.63) is 29.6 Å². The standard InChI is InChI=1S/C13H19FN2O2S/c1-10-5-6-13(12(14)8-10)16-19(17,18)9-11-4-2-3-7-15-11/h5-6,8,11,15-16H,2-4,7,9H2,1H3. The van der Waals surface area contributed by atoms with Gasteiger partial charge in [0.1, 0.15) is 5.82 Å². The predicted molar refractivity (Wildman–Crippen MR) is 74.2 cm³/mol. The molecule has 0 amide bonds. The molecule has 0 aliphatic carbocycles. The van der Waals surface area contributed by atoms with Crippen LogP contribution in [0.5, 0.6) is 0 Å². The Labute approximate surface area is 113 Å². The third-order valence-corrected chi connectivity index (χ3v) is 4.60. The van der Waals surface area contributed by atoms with E-state index in [2.05, 4.69) is 10.0 Å². The van der Waals surface area contributed by atoms with E-state index in [1.54, 1.807) is 13.0 Å². The van der Waals surface area contributed by atoms with Gasteiger partial charge in [-0.1, -0.05) is 12.5 Å². The molecule has 4 nitrogen and oxygen atoms in total. The molecule has 0 bridgehead atoms. The van der Waals surface area contributed by atoms with Gasteiger partial charge in [0.25, 0.3) is 0 Å². The van der Waals surface area contributed by atoms with E-state index in [-0.39, 0.29) is 17.5 Å². The Morgan fingerprint density at radius 3 is 2.84 bits per heavy atom. The number of rotatable bonds is 4. The van der Waals surface area contributed by atoms with Crippen LogP contribution in [0, 0.1) is 12.7 Å². The third kappa shape index (κ3) is 4.18. The minimum Gasteiger partial charge on any atom is -0.313 e. The number of aryl methyl sites for hydroxylation is 1. The highest BCUT2D eigenvalue weighted by atomic mass is 32.2. The third-order valence-electron chi connectivity index (χ3n) is 3.22. The molecule has 1 saturated heterocycles. The first-order chi connectivity index (χ1) is 8.96. The Morgan fingerprint density at radius 1 is 1.42 bits per heavy atom. The quantitative estimate of drug-likeness (QED) is 0.890. The van der Waals surface area contributed by atoms with Crippen LogP contribution in [-0.2, 0) is 10.0 Å². The van der Waals surface area contributed by atoms with Crippen molar-refractivity contribution in [1.29, 1.82) is 0 Å². The number of piperidine rings is 1. The molecule has 2 N–H and O–H groups in total. The maximum atomic E-state index is 13.6. The van der Waals surface area contributed by atoms with E-state index >= 15 is 0 Å². The van der Waals surface area contributed by atoms with Crippen molar-refractivity contribution >= 4 is 15.7 Å². The zero-order chi connectivity index (χ0) is 13.9. The largest absolute Gasteiger partial charge is 0.313 e. The summed E-state index contributed by atoms with van der Waals surface area (Å²) >= 11 is 0. The number of anilines is 1. The summed E-state index contributed by atoms with van der Waals surface area (Å²) in [5.74, 6) is -0.555. The van der Waals surface area contributed by atoms with Gasteiger partial charge in [-0.2, -0.15) is 0 Å². The molecule has 0 aromatic heterocycles. The molecule has 1 unspecified atom stereocenters. The van der Waals surface area contributed by atoms with Gasteiger partial charge in [0, 0.05) is 6.04 Å². The van der Waals surface area contributed by atoms with Gasteiger partial charge in [-0.25, -0.2) is 12.8 Å². The van der Waals surface area contributed by atoms with Gasteiger partial charge in [-0.3, -0.25) is 4.72 Å². The summed E-state index contributed by atoms with van der Waals surface area (Å²) in [6.45, 7) is 2.60. The maximum absolute atomic E-state index is 13.6. The lowest BCUT2D eigenvalue weighted by atomic mass is 10.1. The lowest BCUT2D eigenvalue weighted by molar-refractivity contribution is 0.424. The van der Waals surface area contributed by atoms with Gasteiger partial charge >= 0.3 is 0 Å². The summed E-state index contributed by atoms with van der Waals surface area (Å²) < 4.78 is 39.9. The van der Waals surface area contributed by atoms with Gasteiger partial charge in [0.05, 0.1) is 11.4 Å². The summed E-state index contributed by atoms with van der Waals surface area (Å²) in [6, 6.07) is 4.41. The second kappa shape index (κ2) is 5.88. The van der Waals surface area contributed by atoms with Gasteiger partial charge in [0.2, 0.25) is 10.0 Å². The SMILES string of the molecule is Cc1ccc(NS(=O)(=O)CC2CCCCN2)c(F)c1. The van der Waals surface area contributed by atoms with Crippen LogP contribution < -0.4 is 10.0 Å². The van der Waals surface area contributed by atoms with Gasteiger partial charge < -0.3 is 5.32 Å². The van der Waals surface area contributed by atoms with E-state index in [0.29, 0.717) is 0 Å². The lowest BCUT2D eigenvalue weighted by Crippen LogP contribution is -2.40. The van der Waals surface area contributed by atoms with E-state index in [0.717, 1.165) is 31.4 Å². The van der Waals surface area contributed by atoms with Crippen LogP contribution >= 0.6 is 0 Å². The van der Waals surface area contributed by atoms with Crippen molar-refractivity contribution in [1.82, 2.24) is 5.32 Å². The van der Waals surface area contributed by atoms with E-state index in [1.807, 2.05) is 0 Å². The molecule has 0 radical (unpaired) electrons. The highest BCUT2D eigenvalue weighted by Gasteiger charge is 2.21. The molecule has 19 heavy (non-hydrogen) atoms. The molecule has 1 atom stereocenters. The zero-order valence-electron chi connectivity index (χ0n) is 10.9. The molecule has 1 heterocycles. The highest BCUT2D eigenvalue weighted by molar-refractivity contribution is 7.92. The Kier molecular flexibility index (Phi) is 4.42. The van der Waals surface area contributed by atoms with E-state index < -0.39 is 15.8 Å². The maximum Gasteiger partial charge on any atom is 0.234 e. The number of halogens is 1. The normalized spacial score (nSPS) is 20.2. The fourth-order valence-electron chi connectivity index (χ4n) is 2.24. The summed E-state index contributed by atoms with van der Waals surface area (Å²) in [7, 11) is -3.52. The second-order valence-electron chi connectivity index (χ2n) is 5.01. The molecular weight excluding hydrogens is 267 g/mol. The molecule has 0 saturated carbocycles. The Morgan fingerprint density at radius 2 is 2.21 bits per heavy atom. The van der Waals surface area contributed by atoms with Crippen LogP contribution in [0.1, 0.15) is 24.8 Å². The van der Waals surface area contributed by atoms with Crippen molar-refractivity contribution < 1.29 is 12.8 Å². The minimum atomic E-state index is -3.52. The number of hydrogen-bond donors (Lipinski definition) is 2. The van der Waals surface area contributed by atoms with E-state index in [9.17, 15) is 12.8 Å². The predicted octanol–water partition coefficient (Wildman–Crippen LogP) is 2.02. The molecule has 0 spiro atoms. The molecule has 1 aliphatic heterocycles. The molecule has 2 rings (SSSR count). The number of hydrogen-bond acceptors (Lipinski definition) is 3. The summed E-state index contributed by atoms with van der Waals surface area (Å²) in [5, 5.41) is 3.17. The molecular formula is C13H19FN2O2S. The highest BCUT2D eigenvalue weighted by Crippen LogP contribution is 2.18. The van der Waals surface area contributed by atoms with Gasteiger partial charge in [0.15, 0.2) is 0 Å². The first-order valence-corrected chi connectivity index (χ1v) is 8.11. The molecule has 6 heteroatoms. The molecule has 1 fully saturated rings. The molecule has 1 aromatic carbocycles. The van der Waals surface area contributed by atoms with Crippen LogP contribution in [0.15, 0.2) is 18.2 Å². The van der Waals surface area contributed by atoms with Crippen LogP contribution in [0.3, 0.4) is 0 Å². The average molecular weight is 286 g/mol. The van der Waals surface area contributed by atoms with Crippen molar-refractivity contribution in [2.45, 2.75) is 32.2 Å². The zero-order valence-corrected chi connectivity index (χ0v) is 11.8. The van der Waals surface area contributed by atoms with Crippen LogP contribution in [0.2, 0.25) is 0 Å². The van der Waals surface area contributed by atoms with E-state index in [1.165, 1.54) is 12.1 Å². The topological polar surface area (TPSA) is 58.2 Å². The molecule has 1 aromatic rings. The molecule has 1 aliphatic rings. The fourth-order valence-corrected chi connectivity index (χ4v) is 3.64. The van der Waals surface area contributed by atoms with Crippen LogP contribution in [0.4, 0.5) is 10.1 Å². The molecule has 106 valence electrons. The van der Waals surface area contributed by atoms with Gasteiger partial charge in [-0.05, 0) is 44.0 Å². The van der Waals surface area contributed by atoms with Gasteiger partial charge in [-0.15, -0.1) is 0 Å². The average Bonchev–Trinajstić information content (AvgIpc) is 2.33. The summed E-state index contributed by atoms with van der Waals surface area (Å²) in [4.78, 5) is 0. The monoisotopic (exact) mass is 286 g/mol.